The fourth-order valence-corrected chi connectivity index (χ4v) is 2.56. The Bertz CT molecular complexity index is 884. The molecular weight excluding hydrogens is 328 g/mol. The first-order valence-electron chi connectivity index (χ1n) is 7.16. The van der Waals surface area contributed by atoms with Gasteiger partial charge in [0.2, 0.25) is 6.79 Å². The lowest BCUT2D eigenvalue weighted by Gasteiger charge is -2.07. The molecule has 0 spiro atoms. The van der Waals surface area contributed by atoms with E-state index in [1.807, 2.05) is 31.2 Å². The molecule has 5 nitrogen and oxygen atoms in total. The van der Waals surface area contributed by atoms with Crippen LogP contribution < -0.4 is 14.8 Å². The number of para-hydroxylation sites is 1. The Kier molecular flexibility index (Phi) is 4.41. The van der Waals surface area contributed by atoms with Crippen LogP contribution in [0, 0.1) is 18.3 Å². The Morgan fingerprint density at radius 3 is 2.88 bits per heavy atom. The van der Waals surface area contributed by atoms with E-state index >= 15 is 0 Å². The Morgan fingerprint density at radius 2 is 2.12 bits per heavy atom. The minimum Gasteiger partial charge on any atom is -0.454 e. The largest absolute Gasteiger partial charge is 0.454 e. The van der Waals surface area contributed by atoms with Gasteiger partial charge in [-0.15, -0.1) is 0 Å². The summed E-state index contributed by atoms with van der Waals surface area (Å²) >= 11 is 6.11. The first-order valence-corrected chi connectivity index (χ1v) is 7.54. The Morgan fingerprint density at radius 1 is 1.33 bits per heavy atom. The summed E-state index contributed by atoms with van der Waals surface area (Å²) in [4.78, 5) is 12.3. The SMILES string of the molecule is Cc1ccccc1NC(=O)/C(C#N)=C/c1cc(Cl)c2c(c1)OCO2. The number of aryl methyl sites for hydroxylation is 1. The molecule has 2 aromatic rings. The van der Waals surface area contributed by atoms with Crippen LogP contribution >= 0.6 is 11.6 Å². The number of nitriles is 1. The van der Waals surface area contributed by atoms with Gasteiger partial charge in [0.1, 0.15) is 11.6 Å². The van der Waals surface area contributed by atoms with Crippen LogP contribution in [0.15, 0.2) is 42.0 Å². The van der Waals surface area contributed by atoms with Crippen molar-refractivity contribution in [3.8, 4) is 17.6 Å². The van der Waals surface area contributed by atoms with Crippen molar-refractivity contribution in [1.29, 1.82) is 5.26 Å². The lowest BCUT2D eigenvalue weighted by molar-refractivity contribution is -0.112. The molecule has 0 unspecified atom stereocenters. The number of benzene rings is 2. The third-order valence-electron chi connectivity index (χ3n) is 3.52. The molecule has 0 bridgehead atoms. The molecule has 1 aliphatic rings. The first-order chi connectivity index (χ1) is 11.6. The fraction of sp³-hybridized carbons (Fsp3) is 0.111. The summed E-state index contributed by atoms with van der Waals surface area (Å²) in [6.07, 6.45) is 1.46. The summed E-state index contributed by atoms with van der Waals surface area (Å²) in [5, 5.41) is 12.4. The predicted octanol–water partition coefficient (Wildman–Crippen LogP) is 3.92. The monoisotopic (exact) mass is 340 g/mol. The van der Waals surface area contributed by atoms with Crippen LogP contribution in [0.3, 0.4) is 0 Å². The molecule has 0 aliphatic carbocycles. The van der Waals surface area contributed by atoms with Gasteiger partial charge in [0, 0.05) is 5.69 Å². The number of nitrogens with one attached hydrogen (secondary N) is 1. The highest BCUT2D eigenvalue weighted by Gasteiger charge is 2.18. The molecule has 0 radical (unpaired) electrons. The summed E-state index contributed by atoms with van der Waals surface area (Å²) in [6.45, 7) is 1.98. The highest BCUT2D eigenvalue weighted by atomic mass is 35.5. The zero-order valence-corrected chi connectivity index (χ0v) is 13.6. The van der Waals surface area contributed by atoms with Crippen LogP contribution in [0.1, 0.15) is 11.1 Å². The third kappa shape index (κ3) is 3.19. The van der Waals surface area contributed by atoms with Crippen LogP contribution in [-0.4, -0.2) is 12.7 Å². The van der Waals surface area contributed by atoms with Crippen LogP contribution in [0.5, 0.6) is 11.5 Å². The second-order valence-electron chi connectivity index (χ2n) is 5.18. The lowest BCUT2D eigenvalue weighted by atomic mass is 10.1. The Balaban J connectivity index is 1.87. The van der Waals surface area contributed by atoms with E-state index in [0.29, 0.717) is 27.8 Å². The number of halogens is 1. The van der Waals surface area contributed by atoms with E-state index in [2.05, 4.69) is 5.32 Å². The van der Waals surface area contributed by atoms with Crippen LogP contribution in [0.25, 0.3) is 6.08 Å². The van der Waals surface area contributed by atoms with E-state index in [0.717, 1.165) is 5.56 Å². The van der Waals surface area contributed by atoms with Crippen molar-refractivity contribution in [2.75, 3.05) is 12.1 Å². The predicted molar refractivity (Wildman–Crippen MR) is 91.0 cm³/mol. The molecule has 0 saturated carbocycles. The van der Waals surface area contributed by atoms with Crippen molar-refractivity contribution in [2.24, 2.45) is 0 Å². The molecule has 3 rings (SSSR count). The van der Waals surface area contributed by atoms with Crippen molar-refractivity contribution in [2.45, 2.75) is 6.92 Å². The third-order valence-corrected chi connectivity index (χ3v) is 3.80. The van der Waals surface area contributed by atoms with E-state index in [1.54, 1.807) is 18.2 Å². The van der Waals surface area contributed by atoms with Crippen LogP contribution in [-0.2, 0) is 4.79 Å². The van der Waals surface area contributed by atoms with Gasteiger partial charge in [-0.25, -0.2) is 0 Å². The van der Waals surface area contributed by atoms with Crippen molar-refractivity contribution in [3.63, 3.8) is 0 Å². The van der Waals surface area contributed by atoms with Gasteiger partial charge in [0.15, 0.2) is 11.5 Å². The number of rotatable bonds is 3. The number of carbonyl (C=O) groups is 1. The fourth-order valence-electron chi connectivity index (χ4n) is 2.29. The van der Waals surface area contributed by atoms with E-state index in [9.17, 15) is 10.1 Å². The molecule has 24 heavy (non-hydrogen) atoms. The number of hydrogen-bond acceptors (Lipinski definition) is 4. The van der Waals surface area contributed by atoms with Crippen molar-refractivity contribution < 1.29 is 14.3 Å². The summed E-state index contributed by atoms with van der Waals surface area (Å²) < 4.78 is 10.5. The highest BCUT2D eigenvalue weighted by molar-refractivity contribution is 6.32. The summed E-state index contributed by atoms with van der Waals surface area (Å²) in [6, 6.07) is 12.5. The van der Waals surface area contributed by atoms with Crippen molar-refractivity contribution in [1.82, 2.24) is 0 Å². The van der Waals surface area contributed by atoms with Gasteiger partial charge >= 0.3 is 0 Å². The van der Waals surface area contributed by atoms with E-state index < -0.39 is 5.91 Å². The van der Waals surface area contributed by atoms with E-state index in [-0.39, 0.29) is 12.4 Å². The van der Waals surface area contributed by atoms with Gasteiger partial charge in [-0.05, 0) is 42.3 Å². The lowest BCUT2D eigenvalue weighted by Crippen LogP contribution is -2.14. The van der Waals surface area contributed by atoms with Crippen LogP contribution in [0.2, 0.25) is 5.02 Å². The van der Waals surface area contributed by atoms with Gasteiger partial charge in [0.25, 0.3) is 5.91 Å². The zero-order chi connectivity index (χ0) is 17.1. The molecule has 1 amide bonds. The van der Waals surface area contributed by atoms with E-state index in [4.69, 9.17) is 21.1 Å². The smallest absolute Gasteiger partial charge is 0.266 e. The topological polar surface area (TPSA) is 71.4 Å². The molecule has 0 atom stereocenters. The molecule has 2 aromatic carbocycles. The number of nitrogens with zero attached hydrogens (tertiary/aromatic N) is 1. The van der Waals surface area contributed by atoms with Crippen LogP contribution in [0.4, 0.5) is 5.69 Å². The second-order valence-corrected chi connectivity index (χ2v) is 5.58. The number of carbonyl (C=O) groups excluding carboxylic acids is 1. The molecule has 0 fully saturated rings. The molecule has 1 aliphatic heterocycles. The molecule has 6 heteroatoms. The first kappa shape index (κ1) is 15.9. The van der Waals surface area contributed by atoms with Crippen molar-refractivity contribution in [3.05, 3.63) is 58.1 Å². The average Bonchev–Trinajstić information content (AvgIpc) is 3.03. The zero-order valence-electron chi connectivity index (χ0n) is 12.8. The Hall–Kier alpha value is -2.97. The molecular formula is C18H13ClN2O3. The van der Waals surface area contributed by atoms with Crippen molar-refractivity contribution >= 4 is 29.3 Å². The second kappa shape index (κ2) is 6.65. The van der Waals surface area contributed by atoms with Gasteiger partial charge < -0.3 is 14.8 Å². The minimum absolute atomic E-state index is 0.0341. The molecule has 1 heterocycles. The quantitative estimate of drug-likeness (QED) is 0.679. The maximum Gasteiger partial charge on any atom is 0.266 e. The summed E-state index contributed by atoms with van der Waals surface area (Å²) in [5.41, 5.74) is 2.12. The number of anilines is 1. The van der Waals surface area contributed by atoms with E-state index in [1.165, 1.54) is 6.08 Å². The maximum atomic E-state index is 12.3. The molecule has 0 saturated heterocycles. The van der Waals surface area contributed by atoms with Gasteiger partial charge in [-0.3, -0.25) is 4.79 Å². The summed E-state index contributed by atoms with van der Waals surface area (Å²) in [7, 11) is 0. The minimum atomic E-state index is -0.486. The van der Waals surface area contributed by atoms with Gasteiger partial charge in [-0.1, -0.05) is 29.8 Å². The van der Waals surface area contributed by atoms with Gasteiger partial charge in [0.05, 0.1) is 5.02 Å². The molecule has 1 N–H and O–H groups in total. The highest BCUT2D eigenvalue weighted by Crippen LogP contribution is 2.40. The standard InChI is InChI=1S/C18H13ClN2O3/c1-11-4-2-3-5-15(11)21-18(22)13(9-20)6-12-7-14(19)17-16(8-12)23-10-24-17/h2-8H,10H2,1H3,(H,21,22)/b13-6+. The van der Waals surface area contributed by atoms with Gasteiger partial charge in [-0.2, -0.15) is 5.26 Å². The average molecular weight is 341 g/mol. The maximum absolute atomic E-state index is 12.3. The number of fused-ring (bicyclic) bond motifs is 1. The Labute approximate surface area is 144 Å². The molecule has 0 aromatic heterocycles. The number of hydrogen-bond donors (Lipinski definition) is 1. The number of ether oxygens (including phenoxy) is 2. The normalized spacial score (nSPS) is 12.6. The molecule has 120 valence electrons. The number of amides is 1. The summed E-state index contributed by atoms with van der Waals surface area (Å²) in [5.74, 6) is 0.475.